The van der Waals surface area contributed by atoms with E-state index in [-0.39, 0.29) is 17.2 Å². The maximum Gasteiger partial charge on any atom is 0.257 e. The van der Waals surface area contributed by atoms with Crippen LogP contribution >= 0.6 is 15.9 Å². The normalized spacial score (nSPS) is 10.8. The summed E-state index contributed by atoms with van der Waals surface area (Å²) in [6.45, 7) is 1.34. The zero-order valence-electron chi connectivity index (χ0n) is 13.5. The van der Waals surface area contributed by atoms with Crippen molar-refractivity contribution in [2.24, 2.45) is 0 Å². The van der Waals surface area contributed by atoms with Gasteiger partial charge in [0.25, 0.3) is 5.91 Å². The largest absolute Gasteiger partial charge is 0.326 e. The zero-order valence-corrected chi connectivity index (χ0v) is 15.9. The lowest BCUT2D eigenvalue weighted by molar-refractivity contribution is -0.114. The van der Waals surface area contributed by atoms with Crippen molar-refractivity contribution in [1.29, 1.82) is 0 Å². The van der Waals surface area contributed by atoms with Crippen LogP contribution < -0.4 is 15.4 Å². The molecule has 9 heteroatoms. The van der Waals surface area contributed by atoms with Gasteiger partial charge in [-0.3, -0.25) is 14.3 Å². The molecule has 3 N–H and O–H groups in total. The second-order valence-corrected chi connectivity index (χ2v) is 7.94. The van der Waals surface area contributed by atoms with Gasteiger partial charge in [0.05, 0.1) is 17.5 Å². The van der Waals surface area contributed by atoms with E-state index in [4.69, 9.17) is 0 Å². The Balaban J connectivity index is 2.37. The number of amides is 2. The van der Waals surface area contributed by atoms with Crippen LogP contribution in [0.25, 0.3) is 0 Å². The third-order valence-electron chi connectivity index (χ3n) is 2.98. The summed E-state index contributed by atoms with van der Waals surface area (Å²) < 4.78 is 26.2. The van der Waals surface area contributed by atoms with Crippen LogP contribution in [0.5, 0.6) is 0 Å². The minimum absolute atomic E-state index is 0.0830. The Morgan fingerprint density at radius 1 is 0.960 bits per heavy atom. The predicted octanol–water partition coefficient (Wildman–Crippen LogP) is 3.03. The average molecular weight is 426 g/mol. The van der Waals surface area contributed by atoms with Crippen LogP contribution in [-0.2, 0) is 14.8 Å². The molecule has 25 heavy (non-hydrogen) atoms. The minimum atomic E-state index is -3.57. The molecule has 0 saturated carbocycles. The third kappa shape index (κ3) is 5.87. The van der Waals surface area contributed by atoms with Crippen LogP contribution in [0.1, 0.15) is 17.3 Å². The van der Waals surface area contributed by atoms with Gasteiger partial charge in [-0.05, 0) is 42.5 Å². The van der Waals surface area contributed by atoms with Gasteiger partial charge in [-0.25, -0.2) is 8.42 Å². The van der Waals surface area contributed by atoms with Crippen molar-refractivity contribution in [3.05, 3.63) is 52.5 Å². The Kier molecular flexibility index (Phi) is 5.81. The van der Waals surface area contributed by atoms with Crippen molar-refractivity contribution in [2.75, 3.05) is 21.6 Å². The highest BCUT2D eigenvalue weighted by Gasteiger charge is 2.16. The highest BCUT2D eigenvalue weighted by atomic mass is 79.9. The number of rotatable bonds is 5. The van der Waals surface area contributed by atoms with Crippen molar-refractivity contribution >= 4 is 54.8 Å². The summed E-state index contributed by atoms with van der Waals surface area (Å²) >= 11 is 3.30. The first kappa shape index (κ1) is 18.9. The molecule has 0 heterocycles. The first-order valence-electron chi connectivity index (χ1n) is 7.10. The second-order valence-electron chi connectivity index (χ2n) is 5.28. The molecule has 0 aliphatic heterocycles. The maximum atomic E-state index is 12.6. The highest BCUT2D eigenvalue weighted by Crippen LogP contribution is 2.23. The Labute approximate surface area is 154 Å². The fourth-order valence-corrected chi connectivity index (χ4v) is 2.88. The predicted molar refractivity (Wildman–Crippen MR) is 101 cm³/mol. The van der Waals surface area contributed by atoms with Gasteiger partial charge < -0.3 is 10.6 Å². The number of hydrogen-bond acceptors (Lipinski definition) is 4. The number of sulfonamides is 1. The Bertz CT molecular complexity index is 911. The van der Waals surface area contributed by atoms with Crippen LogP contribution in [-0.4, -0.2) is 26.5 Å². The molecule has 2 rings (SSSR count). The fraction of sp³-hybridized carbons (Fsp3) is 0.125. The second kappa shape index (κ2) is 7.66. The molecular weight excluding hydrogens is 410 g/mol. The topological polar surface area (TPSA) is 104 Å². The van der Waals surface area contributed by atoms with Gasteiger partial charge >= 0.3 is 0 Å². The molecule has 132 valence electrons. The van der Waals surface area contributed by atoms with Gasteiger partial charge in [-0.15, -0.1) is 0 Å². The maximum absolute atomic E-state index is 12.6. The van der Waals surface area contributed by atoms with E-state index < -0.39 is 15.9 Å². The number of carbonyl (C=O) groups excluding carboxylic acids is 2. The average Bonchev–Trinajstić information content (AvgIpc) is 2.49. The summed E-state index contributed by atoms with van der Waals surface area (Å²) in [5, 5.41) is 5.24. The van der Waals surface area contributed by atoms with Gasteiger partial charge in [0.1, 0.15) is 0 Å². The molecule has 0 spiro atoms. The van der Waals surface area contributed by atoms with E-state index in [0.29, 0.717) is 11.4 Å². The van der Waals surface area contributed by atoms with Crippen molar-refractivity contribution < 1.29 is 18.0 Å². The summed E-state index contributed by atoms with van der Waals surface area (Å²) in [7, 11) is -3.57. The van der Waals surface area contributed by atoms with Crippen molar-refractivity contribution in [2.45, 2.75) is 6.92 Å². The van der Waals surface area contributed by atoms with Crippen molar-refractivity contribution in [1.82, 2.24) is 0 Å². The number of halogens is 1. The minimum Gasteiger partial charge on any atom is -0.326 e. The fourth-order valence-electron chi connectivity index (χ4n) is 2.03. The van der Waals surface area contributed by atoms with Crippen LogP contribution in [0.2, 0.25) is 0 Å². The molecule has 0 aromatic heterocycles. The molecule has 0 fully saturated rings. The van der Waals surface area contributed by atoms with Gasteiger partial charge in [-0.2, -0.15) is 0 Å². The van der Waals surface area contributed by atoms with E-state index in [1.165, 1.54) is 25.1 Å². The zero-order chi connectivity index (χ0) is 18.6. The molecule has 2 aromatic carbocycles. The van der Waals surface area contributed by atoms with Crippen LogP contribution in [0.15, 0.2) is 46.9 Å². The highest BCUT2D eigenvalue weighted by molar-refractivity contribution is 9.10. The van der Waals surface area contributed by atoms with Crippen LogP contribution in [0.4, 0.5) is 17.1 Å². The van der Waals surface area contributed by atoms with Gasteiger partial charge in [0, 0.05) is 22.8 Å². The molecule has 0 radical (unpaired) electrons. The summed E-state index contributed by atoms with van der Waals surface area (Å²) in [5.41, 5.74) is 1.13. The van der Waals surface area contributed by atoms with E-state index in [2.05, 4.69) is 31.3 Å². The van der Waals surface area contributed by atoms with Gasteiger partial charge in [0.2, 0.25) is 15.9 Å². The molecular formula is C16H16BrN3O4S. The van der Waals surface area contributed by atoms with Crippen molar-refractivity contribution in [3.63, 3.8) is 0 Å². The monoisotopic (exact) mass is 425 g/mol. The van der Waals surface area contributed by atoms with E-state index in [0.717, 1.165) is 10.7 Å². The molecule has 0 atom stereocenters. The number of nitrogens with one attached hydrogen (secondary N) is 3. The summed E-state index contributed by atoms with van der Waals surface area (Å²) in [6.07, 6.45) is 0.991. The standard InChI is InChI=1S/C16H16BrN3O4S/c1-10(21)18-13-7-8-15(20-25(2,23)24)14(9-13)16(22)19-12-5-3-11(17)4-6-12/h3-9,20H,1-2H3,(H,18,21)(H,19,22). The lowest BCUT2D eigenvalue weighted by Gasteiger charge is -2.13. The molecule has 0 saturated heterocycles. The Hall–Kier alpha value is -2.39. The molecule has 0 unspecified atom stereocenters. The van der Waals surface area contributed by atoms with Crippen LogP contribution in [0.3, 0.4) is 0 Å². The quantitative estimate of drug-likeness (QED) is 0.684. The third-order valence-corrected chi connectivity index (χ3v) is 4.10. The SMILES string of the molecule is CC(=O)Nc1ccc(NS(C)(=O)=O)c(C(=O)Nc2ccc(Br)cc2)c1. The van der Waals surface area contributed by atoms with E-state index >= 15 is 0 Å². The number of hydrogen-bond donors (Lipinski definition) is 3. The number of anilines is 3. The first-order chi connectivity index (χ1) is 11.6. The van der Waals surface area contributed by atoms with Gasteiger partial charge in [0.15, 0.2) is 0 Å². The lowest BCUT2D eigenvalue weighted by Crippen LogP contribution is -2.18. The Morgan fingerprint density at radius 2 is 1.56 bits per heavy atom. The lowest BCUT2D eigenvalue weighted by atomic mass is 10.1. The van der Waals surface area contributed by atoms with E-state index in [1.54, 1.807) is 24.3 Å². The molecule has 2 amide bonds. The number of carbonyl (C=O) groups is 2. The molecule has 0 aliphatic carbocycles. The van der Waals surface area contributed by atoms with Crippen molar-refractivity contribution in [3.8, 4) is 0 Å². The Morgan fingerprint density at radius 3 is 2.12 bits per heavy atom. The summed E-state index contributed by atoms with van der Waals surface area (Å²) in [4.78, 5) is 23.8. The molecule has 0 aliphatic rings. The summed E-state index contributed by atoms with van der Waals surface area (Å²) in [5.74, 6) is -0.816. The number of benzene rings is 2. The van der Waals surface area contributed by atoms with Gasteiger partial charge in [-0.1, -0.05) is 15.9 Å². The molecule has 2 aromatic rings. The van der Waals surface area contributed by atoms with E-state index in [1.807, 2.05) is 0 Å². The molecule has 7 nitrogen and oxygen atoms in total. The van der Waals surface area contributed by atoms with E-state index in [9.17, 15) is 18.0 Å². The summed E-state index contributed by atoms with van der Waals surface area (Å²) in [6, 6.07) is 11.3. The smallest absolute Gasteiger partial charge is 0.257 e. The molecule has 0 bridgehead atoms. The first-order valence-corrected chi connectivity index (χ1v) is 9.79. The van der Waals surface area contributed by atoms with Crippen LogP contribution in [0, 0.1) is 0 Å².